The molecule has 1 N–H and O–H groups in total. The molecule has 4 nitrogen and oxygen atoms in total. The Morgan fingerprint density at radius 2 is 2.09 bits per heavy atom. The summed E-state index contributed by atoms with van der Waals surface area (Å²) in [6, 6.07) is 16.4. The van der Waals surface area contributed by atoms with Crippen molar-refractivity contribution >= 4 is 16.7 Å². The molecule has 1 fully saturated rings. The molecular weight excluding hydrogens is 274 g/mol. The molecule has 0 radical (unpaired) electrons. The Labute approximate surface area is 130 Å². The Morgan fingerprint density at radius 1 is 1.27 bits per heavy atom. The van der Waals surface area contributed by atoms with Crippen molar-refractivity contribution in [3.8, 4) is 6.07 Å². The highest BCUT2D eigenvalue weighted by Crippen LogP contribution is 2.18. The van der Waals surface area contributed by atoms with Gasteiger partial charge in [0.05, 0.1) is 12.6 Å². The molecule has 1 heterocycles. The van der Waals surface area contributed by atoms with Gasteiger partial charge in [-0.2, -0.15) is 5.26 Å². The fraction of sp³-hybridized carbons (Fsp3) is 0.333. The van der Waals surface area contributed by atoms with Crippen LogP contribution in [0.4, 0.5) is 0 Å². The van der Waals surface area contributed by atoms with Crippen LogP contribution in [0, 0.1) is 11.3 Å². The number of fused-ring (bicyclic) bond motifs is 1. The summed E-state index contributed by atoms with van der Waals surface area (Å²) < 4.78 is 0. The summed E-state index contributed by atoms with van der Waals surface area (Å²) in [5.41, 5.74) is 1.18. The summed E-state index contributed by atoms with van der Waals surface area (Å²) in [7, 11) is 0. The molecule has 112 valence electrons. The monoisotopic (exact) mass is 293 g/mol. The largest absolute Gasteiger partial charge is 0.326 e. The number of amides is 1. The van der Waals surface area contributed by atoms with Gasteiger partial charge < -0.3 is 10.2 Å². The van der Waals surface area contributed by atoms with E-state index in [1.807, 2.05) is 18.2 Å². The van der Waals surface area contributed by atoms with Crippen LogP contribution in [0.5, 0.6) is 0 Å². The molecule has 0 aliphatic carbocycles. The van der Waals surface area contributed by atoms with Crippen LogP contribution in [0.1, 0.15) is 18.4 Å². The zero-order chi connectivity index (χ0) is 15.4. The fourth-order valence-corrected chi connectivity index (χ4v) is 3.05. The highest BCUT2D eigenvalue weighted by atomic mass is 16.2. The maximum atomic E-state index is 12.2. The van der Waals surface area contributed by atoms with Crippen LogP contribution < -0.4 is 5.32 Å². The van der Waals surface area contributed by atoms with Gasteiger partial charge >= 0.3 is 0 Å². The minimum Gasteiger partial charge on any atom is -0.326 e. The van der Waals surface area contributed by atoms with Crippen molar-refractivity contribution in [3.05, 3.63) is 48.0 Å². The van der Waals surface area contributed by atoms with Gasteiger partial charge in [0.1, 0.15) is 6.04 Å². The molecule has 2 aromatic rings. The van der Waals surface area contributed by atoms with Crippen LogP contribution in [0.15, 0.2) is 42.5 Å². The lowest BCUT2D eigenvalue weighted by Crippen LogP contribution is -2.40. The van der Waals surface area contributed by atoms with Crippen molar-refractivity contribution in [2.75, 3.05) is 13.1 Å². The third kappa shape index (κ3) is 2.95. The SMILES string of the molecule is N#C[C@@H]1CCCN1C(=O)CNCc1cccc2ccccc12. The molecule has 2 aromatic carbocycles. The van der Waals surface area contributed by atoms with E-state index in [2.05, 4.69) is 35.7 Å². The first kappa shape index (κ1) is 14.6. The van der Waals surface area contributed by atoms with E-state index in [0.717, 1.165) is 12.8 Å². The second-order valence-electron chi connectivity index (χ2n) is 5.62. The maximum Gasteiger partial charge on any atom is 0.237 e. The molecule has 4 heteroatoms. The van der Waals surface area contributed by atoms with Crippen molar-refractivity contribution in [3.63, 3.8) is 0 Å². The first-order valence-electron chi connectivity index (χ1n) is 7.66. The van der Waals surface area contributed by atoms with Crippen LogP contribution in [0.2, 0.25) is 0 Å². The Bertz CT molecular complexity index is 714. The average Bonchev–Trinajstić information content (AvgIpc) is 3.03. The Kier molecular flexibility index (Phi) is 4.36. The van der Waals surface area contributed by atoms with E-state index < -0.39 is 0 Å². The molecule has 0 unspecified atom stereocenters. The number of nitrogens with one attached hydrogen (secondary N) is 1. The van der Waals surface area contributed by atoms with Crippen molar-refractivity contribution < 1.29 is 4.79 Å². The standard InChI is InChI=1S/C18H19N3O/c19-11-16-8-4-10-21(16)18(22)13-20-12-15-7-3-6-14-5-1-2-9-17(14)15/h1-3,5-7,9,16,20H,4,8,10,12-13H2/t16-/m0/s1. The average molecular weight is 293 g/mol. The number of hydrogen-bond acceptors (Lipinski definition) is 3. The third-order valence-electron chi connectivity index (χ3n) is 4.19. The van der Waals surface area contributed by atoms with Crippen LogP contribution in [-0.4, -0.2) is 29.9 Å². The molecular formula is C18H19N3O. The lowest BCUT2D eigenvalue weighted by atomic mass is 10.0. The minimum atomic E-state index is -0.244. The number of likely N-dealkylation sites (tertiary alicyclic amines) is 1. The number of hydrogen-bond donors (Lipinski definition) is 1. The summed E-state index contributed by atoms with van der Waals surface area (Å²) >= 11 is 0. The predicted molar refractivity (Wildman–Crippen MR) is 86.0 cm³/mol. The lowest BCUT2D eigenvalue weighted by molar-refractivity contribution is -0.130. The summed E-state index contributed by atoms with van der Waals surface area (Å²) in [5, 5.41) is 14.7. The molecule has 1 aliphatic rings. The quantitative estimate of drug-likeness (QED) is 0.942. The summed E-state index contributed by atoms with van der Waals surface area (Å²) in [6.45, 7) is 1.63. The highest BCUT2D eigenvalue weighted by Gasteiger charge is 2.27. The molecule has 1 amide bonds. The number of nitriles is 1. The zero-order valence-electron chi connectivity index (χ0n) is 12.5. The van der Waals surface area contributed by atoms with Crippen molar-refractivity contribution in [1.82, 2.24) is 10.2 Å². The van der Waals surface area contributed by atoms with E-state index in [1.54, 1.807) is 4.90 Å². The molecule has 0 bridgehead atoms. The maximum absolute atomic E-state index is 12.2. The molecule has 0 spiro atoms. The van der Waals surface area contributed by atoms with Crippen LogP contribution >= 0.6 is 0 Å². The van der Waals surface area contributed by atoms with Gasteiger partial charge in [0.15, 0.2) is 0 Å². The molecule has 22 heavy (non-hydrogen) atoms. The second-order valence-corrected chi connectivity index (χ2v) is 5.62. The smallest absolute Gasteiger partial charge is 0.237 e. The van der Waals surface area contributed by atoms with E-state index in [9.17, 15) is 4.79 Å². The number of carbonyl (C=O) groups excluding carboxylic acids is 1. The highest BCUT2D eigenvalue weighted by molar-refractivity contribution is 5.85. The Balaban J connectivity index is 1.61. The van der Waals surface area contributed by atoms with Crippen molar-refractivity contribution in [2.45, 2.75) is 25.4 Å². The van der Waals surface area contributed by atoms with Gasteiger partial charge in [-0.15, -0.1) is 0 Å². The molecule has 3 rings (SSSR count). The van der Waals surface area contributed by atoms with Crippen LogP contribution in [0.3, 0.4) is 0 Å². The third-order valence-corrected chi connectivity index (χ3v) is 4.19. The van der Waals surface area contributed by atoms with Gasteiger partial charge in [-0.1, -0.05) is 42.5 Å². The lowest BCUT2D eigenvalue weighted by Gasteiger charge is -2.19. The van der Waals surface area contributed by atoms with Crippen LogP contribution in [0.25, 0.3) is 10.8 Å². The van der Waals surface area contributed by atoms with E-state index in [0.29, 0.717) is 13.1 Å². The molecule has 0 saturated carbocycles. The first-order valence-corrected chi connectivity index (χ1v) is 7.66. The summed E-state index contributed by atoms with van der Waals surface area (Å²) in [4.78, 5) is 13.9. The van der Waals surface area contributed by atoms with E-state index in [-0.39, 0.29) is 18.5 Å². The number of carbonyl (C=O) groups is 1. The van der Waals surface area contributed by atoms with E-state index in [1.165, 1.54) is 16.3 Å². The van der Waals surface area contributed by atoms with Gasteiger partial charge in [-0.25, -0.2) is 0 Å². The molecule has 1 atom stereocenters. The number of rotatable bonds is 4. The van der Waals surface area contributed by atoms with Gasteiger partial charge in [0, 0.05) is 13.1 Å². The Morgan fingerprint density at radius 3 is 2.95 bits per heavy atom. The van der Waals surface area contributed by atoms with Crippen molar-refractivity contribution in [2.24, 2.45) is 0 Å². The zero-order valence-corrected chi connectivity index (χ0v) is 12.5. The van der Waals surface area contributed by atoms with Gasteiger partial charge in [0.2, 0.25) is 5.91 Å². The molecule has 1 saturated heterocycles. The topological polar surface area (TPSA) is 56.1 Å². The minimum absolute atomic E-state index is 0.0179. The van der Waals surface area contributed by atoms with E-state index >= 15 is 0 Å². The summed E-state index contributed by atoms with van der Waals surface area (Å²) in [5.74, 6) is 0.0179. The van der Waals surface area contributed by atoms with Crippen LogP contribution in [-0.2, 0) is 11.3 Å². The molecule has 0 aromatic heterocycles. The van der Waals surface area contributed by atoms with Crippen molar-refractivity contribution in [1.29, 1.82) is 5.26 Å². The summed E-state index contributed by atoms with van der Waals surface area (Å²) in [6.07, 6.45) is 1.72. The second kappa shape index (κ2) is 6.59. The van der Waals surface area contributed by atoms with Gasteiger partial charge in [-0.05, 0) is 29.2 Å². The van der Waals surface area contributed by atoms with E-state index in [4.69, 9.17) is 5.26 Å². The van der Waals surface area contributed by atoms with Gasteiger partial charge in [0.25, 0.3) is 0 Å². The normalized spacial score (nSPS) is 17.6. The Hall–Kier alpha value is -2.38. The van der Waals surface area contributed by atoms with Gasteiger partial charge in [-0.3, -0.25) is 4.79 Å². The number of nitrogens with zero attached hydrogens (tertiary/aromatic N) is 2. The predicted octanol–water partition coefficient (Wildman–Crippen LogP) is 2.44. The number of benzene rings is 2. The molecule has 1 aliphatic heterocycles. The first-order chi connectivity index (χ1) is 10.8. The fourth-order valence-electron chi connectivity index (χ4n) is 3.05.